The third-order valence-electron chi connectivity index (χ3n) is 4.66. The van der Waals surface area contributed by atoms with E-state index in [4.69, 9.17) is 32.4 Å². The van der Waals surface area contributed by atoms with E-state index in [0.717, 1.165) is 16.5 Å². The first-order valence-electron chi connectivity index (χ1n) is 9.26. The molecule has 0 aliphatic heterocycles. The average Bonchev–Trinajstić information content (AvgIpc) is 3.20. The molecule has 0 saturated carbocycles. The Bertz CT molecular complexity index is 1260. The molecule has 0 N–H and O–H groups in total. The van der Waals surface area contributed by atoms with Gasteiger partial charge in [0.1, 0.15) is 0 Å². The summed E-state index contributed by atoms with van der Waals surface area (Å²) in [5.74, 6) is 0.640. The molecule has 0 saturated heterocycles. The predicted octanol–water partition coefficient (Wildman–Crippen LogP) is 5.98. The van der Waals surface area contributed by atoms with Gasteiger partial charge >= 0.3 is 0 Å². The maximum Gasteiger partial charge on any atom is 0.221 e. The first kappa shape index (κ1) is 20.2. The van der Waals surface area contributed by atoms with Gasteiger partial charge in [0.05, 0.1) is 17.2 Å². The van der Waals surface area contributed by atoms with Gasteiger partial charge in [0.25, 0.3) is 0 Å². The number of nitrogens with zero attached hydrogens (tertiary/aromatic N) is 1. The summed E-state index contributed by atoms with van der Waals surface area (Å²) in [5.41, 5.74) is 2.35. The number of halogens is 2. The van der Waals surface area contributed by atoms with Crippen molar-refractivity contribution in [2.24, 2.45) is 0 Å². The van der Waals surface area contributed by atoms with Crippen LogP contribution in [0.1, 0.15) is 21.7 Å². The number of aromatic nitrogens is 1. The van der Waals surface area contributed by atoms with E-state index in [1.807, 2.05) is 53.4 Å². The fourth-order valence-electron chi connectivity index (χ4n) is 3.18. The zero-order valence-corrected chi connectivity index (χ0v) is 17.7. The summed E-state index contributed by atoms with van der Waals surface area (Å²) >= 11 is 12.4. The molecular weight excluding hydrogens is 421 g/mol. The van der Waals surface area contributed by atoms with Crippen LogP contribution in [0.5, 0.6) is 5.75 Å². The molecule has 0 unspecified atom stereocenters. The van der Waals surface area contributed by atoms with Gasteiger partial charge in [-0.15, -0.1) is 0 Å². The summed E-state index contributed by atoms with van der Waals surface area (Å²) in [6.45, 7) is 0.568. The van der Waals surface area contributed by atoms with Crippen LogP contribution in [0.3, 0.4) is 0 Å². The second-order valence-electron chi connectivity index (χ2n) is 6.71. The van der Waals surface area contributed by atoms with Crippen LogP contribution in [0.15, 0.2) is 77.5 Å². The van der Waals surface area contributed by atoms with Crippen molar-refractivity contribution in [2.45, 2.75) is 6.54 Å². The molecule has 0 aliphatic rings. The van der Waals surface area contributed by atoms with Gasteiger partial charge in [-0.05, 0) is 36.4 Å². The van der Waals surface area contributed by atoms with E-state index in [2.05, 4.69) is 0 Å². The molecule has 4 rings (SSSR count). The number of hydrogen-bond acceptors (Lipinski definition) is 3. The van der Waals surface area contributed by atoms with Crippen molar-refractivity contribution < 1.29 is 18.5 Å². The Morgan fingerprint density at radius 1 is 1.13 bits per heavy atom. The molecule has 30 heavy (non-hydrogen) atoms. The minimum absolute atomic E-state index is 0.221. The highest BCUT2D eigenvalue weighted by Crippen LogP contribution is 2.29. The van der Waals surface area contributed by atoms with Gasteiger partial charge in [-0.25, -0.2) is 4.57 Å². The summed E-state index contributed by atoms with van der Waals surface area (Å²) in [4.78, 5) is 12.6. The number of fused-ring (bicyclic) bond motifs is 1. The number of ether oxygens (including phenoxy) is 1. The lowest BCUT2D eigenvalue weighted by molar-refractivity contribution is -0.688. The van der Waals surface area contributed by atoms with Crippen molar-refractivity contribution in [3.8, 4) is 5.75 Å². The summed E-state index contributed by atoms with van der Waals surface area (Å²) in [5, 5.41) is 1.89. The SMILES string of the molecule is COc1cccc2cc(C(=O)/C=C/c3ccc[n+](Cc4cccc(Cl)c4Cl)c3)oc12. The molecule has 150 valence electrons. The zero-order chi connectivity index (χ0) is 21.1. The van der Waals surface area contributed by atoms with Crippen LogP contribution in [0.4, 0.5) is 0 Å². The van der Waals surface area contributed by atoms with Gasteiger partial charge in [0, 0.05) is 22.6 Å². The summed E-state index contributed by atoms with van der Waals surface area (Å²) in [6, 6.07) is 16.6. The fourth-order valence-corrected chi connectivity index (χ4v) is 3.56. The number of carbonyl (C=O) groups is 1. The molecule has 4 aromatic rings. The summed E-state index contributed by atoms with van der Waals surface area (Å²) < 4.78 is 13.0. The largest absolute Gasteiger partial charge is 0.493 e. The number of methoxy groups -OCH3 is 1. The van der Waals surface area contributed by atoms with Gasteiger partial charge in [0.2, 0.25) is 5.78 Å². The quantitative estimate of drug-likeness (QED) is 0.211. The number of para-hydroxylation sites is 1. The van der Waals surface area contributed by atoms with E-state index in [-0.39, 0.29) is 11.5 Å². The topological polar surface area (TPSA) is 43.3 Å². The Labute approximate surface area is 183 Å². The normalized spacial score (nSPS) is 11.3. The third kappa shape index (κ3) is 4.25. The number of rotatable bonds is 6. The van der Waals surface area contributed by atoms with Crippen molar-refractivity contribution in [3.63, 3.8) is 0 Å². The Hall–Kier alpha value is -3.08. The van der Waals surface area contributed by atoms with E-state index in [0.29, 0.717) is 27.9 Å². The highest BCUT2D eigenvalue weighted by molar-refractivity contribution is 6.42. The highest BCUT2D eigenvalue weighted by Gasteiger charge is 2.13. The summed E-state index contributed by atoms with van der Waals surface area (Å²) in [6.07, 6.45) is 7.11. The Morgan fingerprint density at radius 3 is 2.80 bits per heavy atom. The van der Waals surface area contributed by atoms with Crippen LogP contribution in [-0.2, 0) is 6.54 Å². The summed E-state index contributed by atoms with van der Waals surface area (Å²) in [7, 11) is 1.57. The molecule has 0 amide bonds. The van der Waals surface area contributed by atoms with Crippen LogP contribution in [0.2, 0.25) is 10.0 Å². The lowest BCUT2D eigenvalue weighted by Crippen LogP contribution is -2.33. The number of pyridine rings is 1. The molecule has 0 bridgehead atoms. The smallest absolute Gasteiger partial charge is 0.221 e. The number of carbonyl (C=O) groups excluding carboxylic acids is 1. The van der Waals surface area contributed by atoms with E-state index < -0.39 is 0 Å². The fraction of sp³-hybridized carbons (Fsp3) is 0.0833. The van der Waals surface area contributed by atoms with Crippen LogP contribution in [-0.4, -0.2) is 12.9 Å². The molecule has 0 radical (unpaired) electrons. The van der Waals surface area contributed by atoms with E-state index in [1.54, 1.807) is 31.4 Å². The molecule has 4 nitrogen and oxygen atoms in total. The van der Waals surface area contributed by atoms with Crippen LogP contribution in [0.25, 0.3) is 17.0 Å². The minimum Gasteiger partial charge on any atom is -0.493 e. The number of hydrogen-bond donors (Lipinski definition) is 0. The Kier molecular flexibility index (Phi) is 5.88. The first-order chi connectivity index (χ1) is 14.5. The van der Waals surface area contributed by atoms with E-state index in [9.17, 15) is 4.79 Å². The molecular formula is C24H18Cl2NO3+. The number of ketones is 1. The molecule has 2 aromatic heterocycles. The maximum absolute atomic E-state index is 12.6. The monoisotopic (exact) mass is 438 g/mol. The molecule has 2 heterocycles. The first-order valence-corrected chi connectivity index (χ1v) is 10.0. The lowest BCUT2D eigenvalue weighted by atomic mass is 10.2. The van der Waals surface area contributed by atoms with Crippen molar-refractivity contribution in [3.05, 3.63) is 100.0 Å². The average molecular weight is 439 g/mol. The van der Waals surface area contributed by atoms with Crippen molar-refractivity contribution in [2.75, 3.05) is 7.11 Å². The van der Waals surface area contributed by atoms with Crippen LogP contribution >= 0.6 is 23.2 Å². The molecule has 0 fully saturated rings. The molecule has 0 spiro atoms. The van der Waals surface area contributed by atoms with Gasteiger partial charge in [-0.2, -0.15) is 0 Å². The molecule has 2 aromatic carbocycles. The van der Waals surface area contributed by atoms with Crippen molar-refractivity contribution >= 4 is 46.0 Å². The number of benzene rings is 2. The van der Waals surface area contributed by atoms with Crippen LogP contribution in [0, 0.1) is 0 Å². The van der Waals surface area contributed by atoms with E-state index >= 15 is 0 Å². The Balaban J connectivity index is 1.53. The van der Waals surface area contributed by atoms with Gasteiger partial charge in [0.15, 0.2) is 36.0 Å². The molecule has 6 heteroatoms. The zero-order valence-electron chi connectivity index (χ0n) is 16.1. The number of furan rings is 1. The van der Waals surface area contributed by atoms with Crippen molar-refractivity contribution in [1.29, 1.82) is 0 Å². The van der Waals surface area contributed by atoms with Crippen molar-refractivity contribution in [1.82, 2.24) is 0 Å². The second-order valence-corrected chi connectivity index (χ2v) is 7.49. The second kappa shape index (κ2) is 8.74. The van der Waals surface area contributed by atoms with Gasteiger partial charge in [-0.3, -0.25) is 4.79 Å². The highest BCUT2D eigenvalue weighted by atomic mass is 35.5. The minimum atomic E-state index is -0.221. The standard InChI is InChI=1S/C24H18Cl2NO3/c1-29-21-9-3-6-17-13-22(30-24(17)21)20(28)11-10-16-5-4-12-27(14-16)15-18-7-2-8-19(25)23(18)26/h2-14H,15H2,1H3/q+1/b11-10+. The molecule has 0 atom stereocenters. The number of allylic oxidation sites excluding steroid dienone is 1. The van der Waals surface area contributed by atoms with Crippen LogP contribution < -0.4 is 9.30 Å². The van der Waals surface area contributed by atoms with E-state index in [1.165, 1.54) is 6.08 Å². The van der Waals surface area contributed by atoms with Gasteiger partial charge < -0.3 is 9.15 Å². The third-order valence-corrected chi connectivity index (χ3v) is 5.52. The predicted molar refractivity (Wildman–Crippen MR) is 118 cm³/mol. The lowest BCUT2D eigenvalue weighted by Gasteiger charge is -2.03. The Morgan fingerprint density at radius 2 is 1.97 bits per heavy atom. The maximum atomic E-state index is 12.6. The van der Waals surface area contributed by atoms with Gasteiger partial charge in [-0.1, -0.05) is 47.5 Å². The molecule has 0 aliphatic carbocycles.